The molecule has 4 nitrogen and oxygen atoms in total. The number of H-pyrrole nitrogens is 1. The van der Waals surface area contributed by atoms with Gasteiger partial charge in [-0.1, -0.05) is 31.9 Å². The minimum atomic E-state index is -4.41. The Morgan fingerprint density at radius 2 is 2.00 bits per heavy atom. The van der Waals surface area contributed by atoms with Crippen molar-refractivity contribution in [2.24, 2.45) is 5.92 Å². The van der Waals surface area contributed by atoms with Crippen molar-refractivity contribution in [1.82, 2.24) is 10.2 Å². The average molecular weight is 396 g/mol. The van der Waals surface area contributed by atoms with Crippen molar-refractivity contribution < 1.29 is 18.2 Å². The minimum absolute atomic E-state index is 0.0701. The van der Waals surface area contributed by atoms with Crippen LogP contribution in [0.15, 0.2) is 12.3 Å². The second-order valence-corrected chi connectivity index (χ2v) is 7.05. The number of hydrogen-bond donors (Lipinski definition) is 1. The fraction of sp³-hybridized carbons (Fsp3) is 0.625. The van der Waals surface area contributed by atoms with Gasteiger partial charge in [-0.3, -0.25) is 4.90 Å². The van der Waals surface area contributed by atoms with Crippen molar-refractivity contribution in [2.75, 3.05) is 37.6 Å². The Morgan fingerprint density at radius 1 is 1.36 bits per heavy atom. The topological polar surface area (TPSA) is 32.6 Å². The molecular weight excluding hydrogens is 373 g/mol. The second-order valence-electron chi connectivity index (χ2n) is 6.26. The van der Waals surface area contributed by atoms with Crippen LogP contribution in [-0.4, -0.2) is 42.7 Å². The summed E-state index contributed by atoms with van der Waals surface area (Å²) in [5.74, 6) is 1.06. The monoisotopic (exact) mass is 395 g/mol. The number of anilines is 1. The number of hydrogen-bond acceptors (Lipinski definition) is 2. The Labute approximate surface area is 156 Å². The Kier molecular flexibility index (Phi) is 6.73. The summed E-state index contributed by atoms with van der Waals surface area (Å²) >= 11 is 11.5. The number of aromatic amines is 1. The molecule has 1 aliphatic rings. The molecule has 0 radical (unpaired) electrons. The molecule has 0 bridgehead atoms. The van der Waals surface area contributed by atoms with Crippen LogP contribution < -0.4 is 15.2 Å². The number of nitrogens with one attached hydrogen (secondary N) is 2. The van der Waals surface area contributed by atoms with Crippen LogP contribution >= 0.6 is 23.8 Å². The standard InChI is InChI=1S/C16H22ClF3N4S/c1-3-11(2)9-22-15(25)24-6-4-23(5-7-24)14-13(17)8-12(10-21-14)16(18,19)20/h8,10-11H,3-7,9H2,1-2H3,(H,22,25)/p+1/t11-/m0/s1. The van der Waals surface area contributed by atoms with Gasteiger partial charge in [0, 0.05) is 6.54 Å². The van der Waals surface area contributed by atoms with Gasteiger partial charge in [-0.2, -0.15) is 13.2 Å². The third-order valence-corrected chi connectivity index (χ3v) is 5.07. The van der Waals surface area contributed by atoms with Crippen molar-refractivity contribution >= 4 is 34.7 Å². The van der Waals surface area contributed by atoms with Crippen LogP contribution in [0.5, 0.6) is 0 Å². The van der Waals surface area contributed by atoms with Crippen LogP contribution in [0.3, 0.4) is 0 Å². The minimum Gasteiger partial charge on any atom is -0.362 e. The summed E-state index contributed by atoms with van der Waals surface area (Å²) < 4.78 is 38.1. The molecule has 0 aromatic carbocycles. The average Bonchev–Trinajstić information content (AvgIpc) is 2.58. The molecule has 1 aromatic rings. The predicted molar refractivity (Wildman–Crippen MR) is 96.9 cm³/mol. The zero-order valence-electron chi connectivity index (χ0n) is 14.3. The molecule has 0 amide bonds. The van der Waals surface area contributed by atoms with Gasteiger partial charge < -0.3 is 10.2 Å². The van der Waals surface area contributed by atoms with Gasteiger partial charge in [0.2, 0.25) is 0 Å². The molecular formula is C16H23ClF3N4S+. The molecule has 9 heteroatoms. The highest BCUT2D eigenvalue weighted by molar-refractivity contribution is 7.80. The SMILES string of the molecule is CC[C@H](C)CNC(=S)N1CCN(c2[nH+]cc(C(F)(F)F)cc2Cl)CC1. The van der Waals surface area contributed by atoms with Crippen molar-refractivity contribution in [2.45, 2.75) is 26.4 Å². The number of alkyl halides is 3. The lowest BCUT2D eigenvalue weighted by atomic mass is 10.1. The first kappa shape index (κ1) is 20.0. The molecule has 0 unspecified atom stereocenters. The molecule has 1 saturated heterocycles. The van der Waals surface area contributed by atoms with E-state index in [9.17, 15) is 13.2 Å². The number of thiocarbonyl (C=S) groups is 1. The van der Waals surface area contributed by atoms with Gasteiger partial charge in [0.05, 0.1) is 18.7 Å². The number of nitrogens with zero attached hydrogens (tertiary/aromatic N) is 2. The normalized spacial score (nSPS) is 16.7. The highest BCUT2D eigenvalue weighted by Gasteiger charge is 2.34. The van der Waals surface area contributed by atoms with Crippen LogP contribution in [0.4, 0.5) is 19.0 Å². The van der Waals surface area contributed by atoms with E-state index < -0.39 is 11.7 Å². The Balaban J connectivity index is 1.93. The van der Waals surface area contributed by atoms with Gasteiger partial charge in [0.15, 0.2) is 5.11 Å². The van der Waals surface area contributed by atoms with E-state index >= 15 is 0 Å². The van der Waals surface area contributed by atoms with Crippen LogP contribution in [0.1, 0.15) is 25.8 Å². The van der Waals surface area contributed by atoms with E-state index in [1.165, 1.54) is 0 Å². The zero-order chi connectivity index (χ0) is 18.6. The summed E-state index contributed by atoms with van der Waals surface area (Å²) in [7, 11) is 0. The van der Waals surface area contributed by atoms with Crippen molar-refractivity contribution in [1.29, 1.82) is 0 Å². The first-order valence-corrected chi connectivity index (χ1v) is 9.07. The van der Waals surface area contributed by atoms with Crippen molar-refractivity contribution in [3.8, 4) is 0 Å². The summed E-state index contributed by atoms with van der Waals surface area (Å²) in [5.41, 5.74) is -0.782. The maximum absolute atomic E-state index is 12.7. The predicted octanol–water partition coefficient (Wildman–Crippen LogP) is 3.22. The molecule has 140 valence electrons. The molecule has 0 saturated carbocycles. The van der Waals surface area contributed by atoms with E-state index in [-0.39, 0.29) is 5.02 Å². The summed E-state index contributed by atoms with van der Waals surface area (Å²) in [4.78, 5) is 6.70. The summed E-state index contributed by atoms with van der Waals surface area (Å²) in [6.45, 7) is 7.79. The highest BCUT2D eigenvalue weighted by atomic mass is 35.5. The number of piperazine rings is 1. The van der Waals surface area contributed by atoms with E-state index in [2.05, 4.69) is 29.0 Å². The van der Waals surface area contributed by atoms with Gasteiger partial charge in [-0.25, -0.2) is 4.98 Å². The van der Waals surface area contributed by atoms with Gasteiger partial charge in [-0.05, 0) is 24.2 Å². The van der Waals surface area contributed by atoms with Crippen LogP contribution in [0.25, 0.3) is 0 Å². The summed E-state index contributed by atoms with van der Waals surface area (Å²) in [6.07, 6.45) is -2.37. The third-order valence-electron chi connectivity index (χ3n) is 4.38. The number of aromatic nitrogens is 1. The second kappa shape index (κ2) is 8.40. The molecule has 2 rings (SSSR count). The molecule has 25 heavy (non-hydrogen) atoms. The van der Waals surface area contributed by atoms with Crippen molar-refractivity contribution in [3.05, 3.63) is 22.8 Å². The smallest absolute Gasteiger partial charge is 0.362 e. The van der Waals surface area contributed by atoms with Gasteiger partial charge >= 0.3 is 6.18 Å². The molecule has 0 spiro atoms. The molecule has 2 heterocycles. The lowest BCUT2D eigenvalue weighted by Crippen LogP contribution is -2.53. The van der Waals surface area contributed by atoms with Crippen LogP contribution in [0, 0.1) is 5.92 Å². The maximum Gasteiger partial charge on any atom is 0.419 e. The van der Waals surface area contributed by atoms with Gasteiger partial charge in [0.1, 0.15) is 24.3 Å². The summed E-state index contributed by atoms with van der Waals surface area (Å²) in [5, 5.41) is 4.07. The zero-order valence-corrected chi connectivity index (χ0v) is 15.9. The number of rotatable bonds is 4. The van der Waals surface area contributed by atoms with Crippen LogP contribution in [0.2, 0.25) is 5.02 Å². The number of pyridine rings is 1. The van der Waals surface area contributed by atoms with E-state index in [1.807, 2.05) is 4.90 Å². The van der Waals surface area contributed by atoms with E-state index in [0.717, 1.165) is 30.3 Å². The summed E-state index contributed by atoms with van der Waals surface area (Å²) in [6, 6.07) is 0.956. The molecule has 1 atom stereocenters. The highest BCUT2D eigenvalue weighted by Crippen LogP contribution is 2.32. The molecule has 0 aliphatic carbocycles. The first-order valence-electron chi connectivity index (χ1n) is 8.28. The lowest BCUT2D eigenvalue weighted by molar-refractivity contribution is -0.367. The molecule has 1 fully saturated rings. The number of halogens is 4. The van der Waals surface area contributed by atoms with E-state index in [4.69, 9.17) is 23.8 Å². The molecule has 2 N–H and O–H groups in total. The van der Waals surface area contributed by atoms with E-state index in [1.54, 1.807) is 0 Å². The van der Waals surface area contributed by atoms with Gasteiger partial charge in [-0.15, -0.1) is 0 Å². The largest absolute Gasteiger partial charge is 0.419 e. The quantitative estimate of drug-likeness (QED) is 0.793. The van der Waals surface area contributed by atoms with Crippen molar-refractivity contribution in [3.63, 3.8) is 0 Å². The Bertz CT molecular complexity index is 604. The molecule has 1 aromatic heterocycles. The lowest BCUT2D eigenvalue weighted by Gasteiger charge is -2.33. The Hall–Kier alpha value is -1.28. The fourth-order valence-electron chi connectivity index (χ4n) is 2.52. The molecule has 1 aliphatic heterocycles. The van der Waals surface area contributed by atoms with E-state index in [0.29, 0.717) is 37.9 Å². The van der Waals surface area contributed by atoms with Gasteiger partial charge in [0.25, 0.3) is 5.82 Å². The first-order chi connectivity index (χ1) is 11.7. The third kappa shape index (κ3) is 5.34. The Morgan fingerprint density at radius 3 is 2.52 bits per heavy atom. The van der Waals surface area contributed by atoms with Crippen LogP contribution in [-0.2, 0) is 6.18 Å². The maximum atomic E-state index is 12.7. The fourth-order valence-corrected chi connectivity index (χ4v) is 3.08.